The molecule has 1 spiro atoms. The van der Waals surface area contributed by atoms with Crippen LogP contribution in [-0.2, 0) is 32.4 Å². The highest BCUT2D eigenvalue weighted by Gasteiger charge is 2.85. The summed E-state index contributed by atoms with van der Waals surface area (Å²) >= 11 is 0. The van der Waals surface area contributed by atoms with Gasteiger partial charge in [-0.25, -0.2) is 4.39 Å². The topological polar surface area (TPSA) is 107 Å². The largest absolute Gasteiger partial charge is 0.454 e. The zero-order valence-corrected chi connectivity index (χ0v) is 17.6. The first-order chi connectivity index (χ1) is 16.2. The third-order valence-corrected chi connectivity index (χ3v) is 6.86. The number of fused-ring (bicyclic) bond motifs is 2. The number of aliphatic hydroxyl groups is 3. The third-order valence-electron chi connectivity index (χ3n) is 6.86. The molecule has 6 rings (SSSR count). The molecular weight excluding hydrogens is 441 g/mol. The Labute approximate surface area is 193 Å². The Bertz CT molecular complexity index is 1400. The van der Waals surface area contributed by atoms with Crippen LogP contribution in [0.15, 0.2) is 84.4 Å². The smallest absolute Gasteiger partial charge is 0.296 e. The van der Waals surface area contributed by atoms with E-state index in [-0.39, 0.29) is 34.6 Å². The van der Waals surface area contributed by atoms with Crippen LogP contribution in [0.2, 0.25) is 0 Å². The van der Waals surface area contributed by atoms with Crippen LogP contribution in [0.5, 0.6) is 0 Å². The van der Waals surface area contributed by atoms with Gasteiger partial charge in [0.2, 0.25) is 11.3 Å². The first-order valence-corrected chi connectivity index (χ1v) is 10.6. The SMILES string of the molecule is O=C1C(=O)N(Cc2ccccc2)[C@@]23C1=C(c1ccc(F)cc1)O[C@]2(O)c1ccccc1C3(O)O. The number of Topliss-reactive ketones (excluding diaryl/α,β-unsaturated/α-hetero) is 1. The summed E-state index contributed by atoms with van der Waals surface area (Å²) in [6.07, 6.45) is 0. The Morgan fingerprint density at radius 2 is 1.44 bits per heavy atom. The number of likely N-dealkylation sites (tertiary alicyclic amines) is 1. The van der Waals surface area contributed by atoms with Crippen LogP contribution in [0.4, 0.5) is 4.39 Å². The standard InChI is InChI=1S/C26H18FNO6/c27-17-12-10-16(11-13-17)22-20-21(29)23(30)28(14-15-6-2-1-3-7-15)24(20)25(31,32)18-8-4-5-9-19(18)26(24,33)34-22/h1-13,31-33H,14H2/t24-,26-/m1/s1. The number of hydrogen-bond acceptors (Lipinski definition) is 6. The quantitative estimate of drug-likeness (QED) is 0.408. The van der Waals surface area contributed by atoms with Gasteiger partial charge in [-0.2, -0.15) is 0 Å². The van der Waals surface area contributed by atoms with Crippen LogP contribution in [-0.4, -0.2) is 37.4 Å². The van der Waals surface area contributed by atoms with Gasteiger partial charge in [0.25, 0.3) is 17.5 Å². The molecule has 170 valence electrons. The van der Waals surface area contributed by atoms with Crippen molar-refractivity contribution in [3.05, 3.63) is 113 Å². The number of benzene rings is 3. The van der Waals surface area contributed by atoms with Crippen molar-refractivity contribution >= 4 is 17.4 Å². The van der Waals surface area contributed by atoms with Crippen molar-refractivity contribution in [2.75, 3.05) is 0 Å². The summed E-state index contributed by atoms with van der Waals surface area (Å²) in [5.41, 5.74) is -2.05. The van der Waals surface area contributed by atoms with Gasteiger partial charge in [-0.05, 0) is 29.8 Å². The molecule has 34 heavy (non-hydrogen) atoms. The Morgan fingerprint density at radius 3 is 2.12 bits per heavy atom. The number of carbonyl (C=O) groups excluding carboxylic acids is 2. The number of ketones is 1. The number of ether oxygens (including phenoxy) is 1. The van der Waals surface area contributed by atoms with Crippen LogP contribution in [0.25, 0.3) is 5.76 Å². The molecule has 3 aromatic rings. The van der Waals surface area contributed by atoms with Gasteiger partial charge < -0.3 is 25.0 Å². The minimum atomic E-state index is -2.88. The molecule has 3 aromatic carbocycles. The van der Waals surface area contributed by atoms with E-state index >= 15 is 0 Å². The maximum Gasteiger partial charge on any atom is 0.296 e. The lowest BCUT2D eigenvalue weighted by Gasteiger charge is -2.45. The molecule has 1 fully saturated rings. The highest BCUT2D eigenvalue weighted by Crippen LogP contribution is 2.67. The van der Waals surface area contributed by atoms with Gasteiger partial charge in [-0.1, -0.05) is 54.6 Å². The number of nitrogens with zero attached hydrogens (tertiary/aromatic N) is 1. The molecule has 0 radical (unpaired) electrons. The van der Waals surface area contributed by atoms with Gasteiger partial charge in [0.15, 0.2) is 0 Å². The number of hydrogen-bond donors (Lipinski definition) is 3. The molecule has 2 heterocycles. The molecule has 1 aliphatic carbocycles. The van der Waals surface area contributed by atoms with Crippen LogP contribution < -0.4 is 0 Å². The molecule has 0 bridgehead atoms. The van der Waals surface area contributed by atoms with Crippen molar-refractivity contribution in [3.63, 3.8) is 0 Å². The molecule has 1 saturated heterocycles. The fourth-order valence-electron chi connectivity index (χ4n) is 5.46. The van der Waals surface area contributed by atoms with E-state index in [2.05, 4.69) is 0 Å². The first kappa shape index (κ1) is 20.7. The van der Waals surface area contributed by atoms with Crippen molar-refractivity contribution in [2.45, 2.75) is 23.7 Å². The van der Waals surface area contributed by atoms with Crippen molar-refractivity contribution in [2.24, 2.45) is 0 Å². The first-order valence-electron chi connectivity index (χ1n) is 10.6. The van der Waals surface area contributed by atoms with E-state index in [1.165, 1.54) is 24.3 Å². The van der Waals surface area contributed by atoms with Crippen LogP contribution in [0.3, 0.4) is 0 Å². The fraction of sp³-hybridized carbons (Fsp3) is 0.154. The van der Waals surface area contributed by atoms with E-state index in [0.717, 1.165) is 17.0 Å². The zero-order chi connectivity index (χ0) is 23.9. The second kappa shape index (κ2) is 6.60. The van der Waals surface area contributed by atoms with Gasteiger partial charge in [-0.15, -0.1) is 0 Å². The molecule has 3 N–H and O–H groups in total. The van der Waals surface area contributed by atoms with Crippen molar-refractivity contribution in [3.8, 4) is 0 Å². The monoisotopic (exact) mass is 459 g/mol. The zero-order valence-electron chi connectivity index (χ0n) is 17.6. The predicted octanol–water partition coefficient (Wildman–Crippen LogP) is 1.91. The van der Waals surface area contributed by atoms with E-state index < -0.39 is 34.6 Å². The van der Waals surface area contributed by atoms with Gasteiger partial charge in [-0.3, -0.25) is 9.59 Å². The van der Waals surface area contributed by atoms with Gasteiger partial charge in [0.1, 0.15) is 11.6 Å². The predicted molar refractivity (Wildman–Crippen MR) is 116 cm³/mol. The van der Waals surface area contributed by atoms with E-state index in [4.69, 9.17) is 4.74 Å². The lowest BCUT2D eigenvalue weighted by Crippen LogP contribution is -2.66. The van der Waals surface area contributed by atoms with Gasteiger partial charge in [0.05, 0.1) is 5.57 Å². The highest BCUT2D eigenvalue weighted by atomic mass is 19.1. The molecule has 1 amide bonds. The van der Waals surface area contributed by atoms with Crippen LogP contribution >= 0.6 is 0 Å². The summed E-state index contributed by atoms with van der Waals surface area (Å²) in [7, 11) is 0. The Morgan fingerprint density at radius 1 is 0.824 bits per heavy atom. The second-order valence-corrected chi connectivity index (χ2v) is 8.59. The second-order valence-electron chi connectivity index (χ2n) is 8.59. The van der Waals surface area contributed by atoms with Crippen molar-refractivity contribution in [1.29, 1.82) is 0 Å². The average Bonchev–Trinajstić information content (AvgIpc) is 3.31. The van der Waals surface area contributed by atoms with Crippen LogP contribution in [0.1, 0.15) is 22.3 Å². The molecule has 0 saturated carbocycles. The third kappa shape index (κ3) is 2.24. The number of carbonyl (C=O) groups is 2. The number of rotatable bonds is 3. The van der Waals surface area contributed by atoms with E-state index in [1.807, 2.05) is 0 Å². The molecular formula is C26H18FNO6. The Balaban J connectivity index is 1.68. The number of halogens is 1. The van der Waals surface area contributed by atoms with E-state index in [0.29, 0.717) is 5.56 Å². The summed E-state index contributed by atoms with van der Waals surface area (Å²) in [4.78, 5) is 27.8. The normalized spacial score (nSPS) is 26.4. The maximum absolute atomic E-state index is 13.6. The lowest BCUT2D eigenvalue weighted by atomic mass is 9.78. The minimum absolute atomic E-state index is 0.00942. The lowest BCUT2D eigenvalue weighted by molar-refractivity contribution is -0.313. The maximum atomic E-state index is 13.6. The average molecular weight is 459 g/mol. The van der Waals surface area contributed by atoms with Gasteiger partial charge >= 0.3 is 0 Å². The number of amides is 1. The van der Waals surface area contributed by atoms with E-state index in [1.54, 1.807) is 42.5 Å². The molecule has 0 unspecified atom stereocenters. The van der Waals surface area contributed by atoms with Crippen LogP contribution in [0, 0.1) is 5.82 Å². The summed E-state index contributed by atoms with van der Waals surface area (Å²) in [5, 5.41) is 35.3. The van der Waals surface area contributed by atoms with Crippen molar-refractivity contribution in [1.82, 2.24) is 4.90 Å². The fourth-order valence-corrected chi connectivity index (χ4v) is 5.46. The molecule has 2 atom stereocenters. The minimum Gasteiger partial charge on any atom is -0.454 e. The van der Waals surface area contributed by atoms with Gasteiger partial charge in [0, 0.05) is 23.2 Å². The Kier molecular flexibility index (Phi) is 4.03. The summed E-state index contributed by atoms with van der Waals surface area (Å²) < 4.78 is 19.6. The summed E-state index contributed by atoms with van der Waals surface area (Å²) in [6, 6.07) is 19.6. The summed E-state index contributed by atoms with van der Waals surface area (Å²) in [5.74, 6) is -8.18. The van der Waals surface area contributed by atoms with E-state index in [9.17, 15) is 29.3 Å². The summed E-state index contributed by atoms with van der Waals surface area (Å²) in [6.45, 7) is -0.200. The molecule has 2 aliphatic heterocycles. The van der Waals surface area contributed by atoms with Crippen molar-refractivity contribution < 1.29 is 34.0 Å². The molecule has 8 heteroatoms. The molecule has 7 nitrogen and oxygen atoms in total. The highest BCUT2D eigenvalue weighted by molar-refractivity contribution is 6.48. The Hall–Kier alpha value is -3.85. The molecule has 3 aliphatic rings. The molecule has 0 aromatic heterocycles.